The van der Waals surface area contributed by atoms with E-state index in [-0.39, 0.29) is 5.82 Å². The lowest BCUT2D eigenvalue weighted by atomic mass is 9.76. The third-order valence-electron chi connectivity index (χ3n) is 8.01. The molecule has 8 rings (SSSR count). The first-order chi connectivity index (χ1) is 18.0. The maximum atomic E-state index is 11.5. The summed E-state index contributed by atoms with van der Waals surface area (Å²) in [6, 6.07) is 19.8. The maximum absolute atomic E-state index is 11.5. The molecule has 0 fully saturated rings. The summed E-state index contributed by atoms with van der Waals surface area (Å²) in [6.07, 6.45) is -1.11. The van der Waals surface area contributed by atoms with E-state index in [0.29, 0.717) is 16.7 Å². The Morgan fingerprint density at radius 3 is 2.35 bits per heavy atom. The Morgan fingerprint density at radius 1 is 0.730 bits per heavy atom. The Balaban J connectivity index is 1.63. The van der Waals surface area contributed by atoms with Gasteiger partial charge in [-0.3, -0.25) is 0 Å². The van der Waals surface area contributed by atoms with Crippen LogP contribution < -0.4 is 5.73 Å². The van der Waals surface area contributed by atoms with Gasteiger partial charge in [0.1, 0.15) is 30.2 Å². The highest BCUT2D eigenvalue weighted by Gasteiger charge is 2.44. The number of anilines is 1. The molecule has 0 amide bonds. The number of hydrogen-bond acceptors (Lipinski definition) is 7. The van der Waals surface area contributed by atoms with Crippen LogP contribution >= 0.6 is 0 Å². The third kappa shape index (κ3) is 2.54. The van der Waals surface area contributed by atoms with Crippen LogP contribution in [-0.4, -0.2) is 47.0 Å². The molecule has 1 aliphatic rings. The van der Waals surface area contributed by atoms with Gasteiger partial charge in [-0.25, -0.2) is 15.0 Å². The minimum atomic E-state index is -1.42. The second-order valence-electron chi connectivity index (χ2n) is 9.82. The van der Waals surface area contributed by atoms with E-state index in [0.717, 1.165) is 48.7 Å². The zero-order valence-electron chi connectivity index (χ0n) is 19.4. The third-order valence-corrected chi connectivity index (χ3v) is 8.01. The standard InChI is InChI=1S/C29H21N5O3/c30-28-24-29(32-11-31-28)33-12-34(24)23-22-18(25(35)27(37)26(23)36)10-14-9-8-13-4-3-7-16-15-5-1-2-6-17(15)21(22)20(14)19(13)16/h1-12,23,25-27,35-37H,(H2,30,31,32)/t23-,25-,26-,27+/m1/s1. The van der Waals surface area contributed by atoms with Crippen LogP contribution in [0.15, 0.2) is 73.3 Å². The fourth-order valence-corrected chi connectivity index (χ4v) is 6.45. The van der Waals surface area contributed by atoms with Crippen molar-refractivity contribution in [2.24, 2.45) is 0 Å². The molecule has 0 unspecified atom stereocenters. The van der Waals surface area contributed by atoms with Crippen LogP contribution in [0.25, 0.3) is 54.3 Å². The molecule has 0 aliphatic heterocycles. The van der Waals surface area contributed by atoms with Gasteiger partial charge >= 0.3 is 0 Å². The molecular formula is C29H21N5O3. The first kappa shape index (κ1) is 20.8. The summed E-state index contributed by atoms with van der Waals surface area (Å²) in [5.74, 6) is 0.222. The van der Waals surface area contributed by atoms with Crippen LogP contribution in [0.4, 0.5) is 5.82 Å². The van der Waals surface area contributed by atoms with Crippen LogP contribution in [0.5, 0.6) is 0 Å². The quantitative estimate of drug-likeness (QED) is 0.205. The van der Waals surface area contributed by atoms with E-state index < -0.39 is 24.4 Å². The van der Waals surface area contributed by atoms with E-state index in [1.54, 1.807) is 10.9 Å². The topological polar surface area (TPSA) is 130 Å². The van der Waals surface area contributed by atoms with Gasteiger partial charge in [0.05, 0.1) is 12.4 Å². The SMILES string of the molecule is Nc1ncnc2ncn([C@@H]3c4c(cc5ccc6cccc7c8ccccc8c4c5c67)[C@@H](O)[C@H](O)[C@@H]3O)c12. The Bertz CT molecular complexity index is 2030. The smallest absolute Gasteiger partial charge is 0.182 e. The molecule has 4 atom stereocenters. The van der Waals surface area contributed by atoms with E-state index in [1.807, 2.05) is 18.2 Å². The van der Waals surface area contributed by atoms with Gasteiger partial charge in [0, 0.05) is 0 Å². The molecule has 0 spiro atoms. The number of benzene rings is 5. The van der Waals surface area contributed by atoms with Gasteiger partial charge in [0.15, 0.2) is 11.5 Å². The average molecular weight is 488 g/mol. The molecule has 5 aromatic carbocycles. The van der Waals surface area contributed by atoms with Crippen molar-refractivity contribution in [3.05, 3.63) is 84.4 Å². The summed E-state index contributed by atoms with van der Waals surface area (Å²) in [5, 5.41) is 42.2. The van der Waals surface area contributed by atoms with E-state index in [9.17, 15) is 15.3 Å². The lowest BCUT2D eigenvalue weighted by Gasteiger charge is -2.39. The molecule has 0 bridgehead atoms. The van der Waals surface area contributed by atoms with Gasteiger partial charge in [0.2, 0.25) is 0 Å². The van der Waals surface area contributed by atoms with Crippen LogP contribution in [0.1, 0.15) is 23.3 Å². The summed E-state index contributed by atoms with van der Waals surface area (Å²) in [6.45, 7) is 0. The largest absolute Gasteiger partial charge is 0.388 e. The Labute approximate surface area is 209 Å². The van der Waals surface area contributed by atoms with Gasteiger partial charge in [-0.05, 0) is 60.3 Å². The summed E-state index contributed by atoms with van der Waals surface area (Å²) >= 11 is 0. The fourth-order valence-electron chi connectivity index (χ4n) is 6.45. The second kappa shape index (κ2) is 7.10. The van der Waals surface area contributed by atoms with Crippen molar-refractivity contribution in [2.75, 3.05) is 5.73 Å². The molecule has 2 aromatic heterocycles. The summed E-state index contributed by atoms with van der Waals surface area (Å²) in [5.41, 5.74) is 8.41. The molecule has 0 saturated carbocycles. The highest BCUT2D eigenvalue weighted by atomic mass is 16.4. The number of nitrogens with zero attached hydrogens (tertiary/aromatic N) is 4. The van der Waals surface area contributed by atoms with E-state index in [1.165, 1.54) is 6.33 Å². The Morgan fingerprint density at radius 2 is 1.49 bits per heavy atom. The number of hydrogen-bond donors (Lipinski definition) is 4. The Hall–Kier alpha value is -4.37. The number of aromatic nitrogens is 4. The summed E-state index contributed by atoms with van der Waals surface area (Å²) < 4.78 is 1.73. The zero-order valence-corrected chi connectivity index (χ0v) is 19.4. The molecule has 1 aliphatic carbocycles. The lowest BCUT2D eigenvalue weighted by Crippen LogP contribution is -2.44. The monoisotopic (exact) mass is 487 g/mol. The van der Waals surface area contributed by atoms with E-state index in [4.69, 9.17) is 5.73 Å². The normalized spacial score (nSPS) is 22.0. The van der Waals surface area contributed by atoms with Crippen molar-refractivity contribution in [2.45, 2.75) is 24.4 Å². The van der Waals surface area contributed by atoms with Crippen LogP contribution in [0, 0.1) is 0 Å². The first-order valence-corrected chi connectivity index (χ1v) is 12.1. The fraction of sp³-hybridized carbons (Fsp3) is 0.138. The molecular weight excluding hydrogens is 466 g/mol. The molecule has 37 heavy (non-hydrogen) atoms. The number of rotatable bonds is 1. The number of aliphatic hydroxyl groups is 3. The minimum Gasteiger partial charge on any atom is -0.388 e. The number of imidazole rings is 1. The maximum Gasteiger partial charge on any atom is 0.182 e. The molecule has 8 nitrogen and oxygen atoms in total. The Kier molecular flexibility index (Phi) is 3.99. The number of nitrogen functional groups attached to an aromatic ring is 1. The summed E-state index contributed by atoms with van der Waals surface area (Å²) in [4.78, 5) is 12.8. The van der Waals surface area contributed by atoms with Gasteiger partial charge in [-0.2, -0.15) is 0 Å². The molecule has 180 valence electrons. The van der Waals surface area contributed by atoms with Crippen molar-refractivity contribution in [3.8, 4) is 0 Å². The summed E-state index contributed by atoms with van der Waals surface area (Å²) in [7, 11) is 0. The molecule has 0 saturated heterocycles. The van der Waals surface area contributed by atoms with Crippen molar-refractivity contribution in [3.63, 3.8) is 0 Å². The van der Waals surface area contributed by atoms with Gasteiger partial charge < -0.3 is 25.6 Å². The highest BCUT2D eigenvalue weighted by molar-refractivity contribution is 6.34. The van der Waals surface area contributed by atoms with Crippen molar-refractivity contribution < 1.29 is 15.3 Å². The second-order valence-corrected chi connectivity index (χ2v) is 9.82. The molecule has 7 aromatic rings. The predicted molar refractivity (Wildman–Crippen MR) is 142 cm³/mol. The van der Waals surface area contributed by atoms with Crippen LogP contribution in [-0.2, 0) is 0 Å². The average Bonchev–Trinajstić information content (AvgIpc) is 3.36. The van der Waals surface area contributed by atoms with E-state index >= 15 is 0 Å². The molecule has 8 heteroatoms. The molecule has 2 heterocycles. The zero-order chi connectivity index (χ0) is 25.0. The number of fused-ring (bicyclic) bond motifs is 6. The van der Waals surface area contributed by atoms with E-state index in [2.05, 4.69) is 57.4 Å². The van der Waals surface area contributed by atoms with Crippen molar-refractivity contribution in [1.29, 1.82) is 0 Å². The van der Waals surface area contributed by atoms with Crippen molar-refractivity contribution in [1.82, 2.24) is 19.5 Å². The van der Waals surface area contributed by atoms with Gasteiger partial charge in [0.25, 0.3) is 0 Å². The number of nitrogens with two attached hydrogens (primary N) is 1. The highest BCUT2D eigenvalue weighted by Crippen LogP contribution is 2.50. The van der Waals surface area contributed by atoms with Crippen LogP contribution in [0.2, 0.25) is 0 Å². The minimum absolute atomic E-state index is 0.222. The number of aliphatic hydroxyl groups excluding tert-OH is 3. The lowest BCUT2D eigenvalue weighted by molar-refractivity contribution is -0.0833. The van der Waals surface area contributed by atoms with Gasteiger partial charge in [-0.15, -0.1) is 0 Å². The van der Waals surface area contributed by atoms with Crippen LogP contribution in [0.3, 0.4) is 0 Å². The molecule has 0 radical (unpaired) electrons. The predicted octanol–water partition coefficient (Wildman–Crippen LogP) is 3.82. The van der Waals surface area contributed by atoms with Gasteiger partial charge in [-0.1, -0.05) is 54.6 Å². The van der Waals surface area contributed by atoms with Crippen molar-refractivity contribution >= 4 is 60.1 Å². The first-order valence-electron chi connectivity index (χ1n) is 12.1. The molecule has 5 N–H and O–H groups in total.